The molecule has 4 heteroatoms. The third kappa shape index (κ3) is 2.60. The van der Waals surface area contributed by atoms with Gasteiger partial charge in [0.1, 0.15) is 4.34 Å². The molecule has 1 N–H and O–H groups in total. The van der Waals surface area contributed by atoms with Gasteiger partial charge >= 0.3 is 0 Å². The molecule has 1 aliphatic rings. The number of hydrogen-bond donors (Lipinski definition) is 1. The van der Waals surface area contributed by atoms with Gasteiger partial charge in [-0.05, 0) is 34.8 Å². The van der Waals surface area contributed by atoms with Crippen molar-refractivity contribution in [1.29, 1.82) is 0 Å². The molecule has 1 aliphatic carbocycles. The molecule has 0 radical (unpaired) electrons. The molecular formula is C10H11BrClNS. The summed E-state index contributed by atoms with van der Waals surface area (Å²) in [5, 5.41) is 3.51. The molecule has 0 aliphatic heterocycles. The fourth-order valence-electron chi connectivity index (χ4n) is 1.51. The summed E-state index contributed by atoms with van der Waals surface area (Å²) in [6.45, 7) is 0.919. The fraction of sp³-hybridized carbons (Fsp3) is 0.400. The Morgan fingerprint density at radius 1 is 1.50 bits per heavy atom. The van der Waals surface area contributed by atoms with Gasteiger partial charge in [0.2, 0.25) is 0 Å². The summed E-state index contributed by atoms with van der Waals surface area (Å²) in [6.07, 6.45) is 6.77. The highest BCUT2D eigenvalue weighted by atomic mass is 79.9. The van der Waals surface area contributed by atoms with E-state index in [1.165, 1.54) is 4.88 Å². The van der Waals surface area contributed by atoms with Crippen molar-refractivity contribution in [2.24, 2.45) is 0 Å². The fourth-order valence-corrected chi connectivity index (χ4v) is 3.25. The third-order valence-electron chi connectivity index (χ3n) is 2.27. The van der Waals surface area contributed by atoms with Crippen molar-refractivity contribution in [1.82, 2.24) is 5.32 Å². The molecule has 0 aromatic carbocycles. The van der Waals surface area contributed by atoms with Gasteiger partial charge in [0, 0.05) is 21.9 Å². The molecule has 0 bridgehead atoms. The van der Waals surface area contributed by atoms with Crippen LogP contribution in [0.2, 0.25) is 4.34 Å². The summed E-state index contributed by atoms with van der Waals surface area (Å²) in [5.74, 6) is 0. The van der Waals surface area contributed by atoms with Gasteiger partial charge in [0.15, 0.2) is 0 Å². The lowest BCUT2D eigenvalue weighted by molar-refractivity contribution is 0.542. The molecule has 2 rings (SSSR count). The zero-order chi connectivity index (χ0) is 9.97. The van der Waals surface area contributed by atoms with Crippen LogP contribution in [0.4, 0.5) is 0 Å². The normalized spacial score (nSPS) is 16.7. The average Bonchev–Trinajstić information content (AvgIpc) is 2.74. The molecular weight excluding hydrogens is 282 g/mol. The van der Waals surface area contributed by atoms with Crippen molar-refractivity contribution in [3.05, 3.63) is 31.9 Å². The molecule has 0 spiro atoms. The molecule has 1 nitrogen and oxygen atoms in total. The Balaban J connectivity index is 1.85. The minimum absolute atomic E-state index is 0.620. The van der Waals surface area contributed by atoms with E-state index in [2.05, 4.69) is 39.5 Å². The molecule has 0 fully saturated rings. The van der Waals surface area contributed by atoms with Gasteiger partial charge in [-0.1, -0.05) is 23.8 Å². The maximum atomic E-state index is 5.96. The van der Waals surface area contributed by atoms with Gasteiger partial charge < -0.3 is 5.32 Å². The summed E-state index contributed by atoms with van der Waals surface area (Å²) in [4.78, 5) is 1.29. The molecule has 0 saturated heterocycles. The first-order valence-corrected chi connectivity index (χ1v) is 6.56. The number of nitrogens with one attached hydrogen (secondary N) is 1. The Morgan fingerprint density at radius 2 is 2.21 bits per heavy atom. The lowest BCUT2D eigenvalue weighted by Gasteiger charge is -2.09. The summed E-state index contributed by atoms with van der Waals surface area (Å²) >= 11 is 11.0. The van der Waals surface area contributed by atoms with E-state index in [1.54, 1.807) is 11.3 Å². The van der Waals surface area contributed by atoms with Crippen LogP contribution in [0.1, 0.15) is 17.7 Å². The lowest BCUT2D eigenvalue weighted by atomic mass is 10.2. The molecule has 76 valence electrons. The van der Waals surface area contributed by atoms with Gasteiger partial charge in [-0.3, -0.25) is 0 Å². The third-order valence-corrected chi connectivity index (χ3v) is 4.74. The number of rotatable bonds is 3. The predicted octanol–water partition coefficient (Wildman–Crippen LogP) is 3.97. The van der Waals surface area contributed by atoms with Crippen LogP contribution in [-0.4, -0.2) is 6.04 Å². The first kappa shape index (κ1) is 10.7. The van der Waals surface area contributed by atoms with Crippen molar-refractivity contribution in [2.45, 2.75) is 25.4 Å². The number of hydrogen-bond acceptors (Lipinski definition) is 2. The lowest BCUT2D eigenvalue weighted by Crippen LogP contribution is -2.25. The Labute approximate surface area is 101 Å². The highest BCUT2D eigenvalue weighted by molar-refractivity contribution is 9.10. The molecule has 0 saturated carbocycles. The van der Waals surface area contributed by atoms with Crippen molar-refractivity contribution in [2.75, 3.05) is 0 Å². The maximum Gasteiger partial charge on any atom is 0.107 e. The maximum absolute atomic E-state index is 5.96. The van der Waals surface area contributed by atoms with E-state index in [-0.39, 0.29) is 0 Å². The van der Waals surface area contributed by atoms with Crippen LogP contribution >= 0.6 is 38.9 Å². The van der Waals surface area contributed by atoms with Gasteiger partial charge in [-0.15, -0.1) is 11.3 Å². The monoisotopic (exact) mass is 291 g/mol. The second-order valence-electron chi connectivity index (χ2n) is 3.35. The molecule has 1 aromatic heterocycles. The minimum Gasteiger partial charge on any atom is -0.308 e. The van der Waals surface area contributed by atoms with Crippen LogP contribution in [0.15, 0.2) is 22.7 Å². The summed E-state index contributed by atoms with van der Waals surface area (Å²) < 4.78 is 1.84. The van der Waals surface area contributed by atoms with E-state index in [4.69, 9.17) is 11.6 Å². The van der Waals surface area contributed by atoms with Gasteiger partial charge in [0.25, 0.3) is 0 Å². The zero-order valence-corrected chi connectivity index (χ0v) is 10.8. The molecule has 14 heavy (non-hydrogen) atoms. The van der Waals surface area contributed by atoms with Crippen LogP contribution in [-0.2, 0) is 6.54 Å². The molecule has 0 amide bonds. The topological polar surface area (TPSA) is 12.0 Å². The van der Waals surface area contributed by atoms with Gasteiger partial charge in [-0.2, -0.15) is 0 Å². The van der Waals surface area contributed by atoms with Gasteiger partial charge in [0.05, 0.1) is 0 Å². The second kappa shape index (κ2) is 4.79. The summed E-state index contributed by atoms with van der Waals surface area (Å²) in [6, 6.07) is 2.71. The van der Waals surface area contributed by atoms with E-state index in [0.29, 0.717) is 6.04 Å². The Bertz CT molecular complexity index is 320. The van der Waals surface area contributed by atoms with Crippen LogP contribution in [0.25, 0.3) is 0 Å². The number of halogens is 2. The van der Waals surface area contributed by atoms with Crippen molar-refractivity contribution >= 4 is 38.9 Å². The Hall–Kier alpha value is 0.170. The van der Waals surface area contributed by atoms with Crippen LogP contribution in [0.3, 0.4) is 0 Å². The standard InChI is InChI=1S/C10H11BrClNS/c11-9-5-8(14-10(9)12)6-13-7-3-1-2-4-7/h1-2,5,7,13H,3-4,6H2. The quantitative estimate of drug-likeness (QED) is 0.831. The smallest absolute Gasteiger partial charge is 0.107 e. The predicted molar refractivity (Wildman–Crippen MR) is 66.0 cm³/mol. The summed E-state index contributed by atoms with van der Waals surface area (Å²) in [7, 11) is 0. The largest absolute Gasteiger partial charge is 0.308 e. The van der Waals surface area contributed by atoms with E-state index in [9.17, 15) is 0 Å². The SMILES string of the molecule is Clc1sc(CNC2CC=CC2)cc1Br. The first-order chi connectivity index (χ1) is 6.75. The van der Waals surface area contributed by atoms with Crippen LogP contribution in [0.5, 0.6) is 0 Å². The number of thiophene rings is 1. The van der Waals surface area contributed by atoms with Crippen molar-refractivity contribution in [3.8, 4) is 0 Å². The molecule has 1 aromatic rings. The first-order valence-electron chi connectivity index (χ1n) is 4.58. The van der Waals surface area contributed by atoms with Crippen molar-refractivity contribution in [3.63, 3.8) is 0 Å². The minimum atomic E-state index is 0.620. The zero-order valence-electron chi connectivity index (χ0n) is 7.59. The highest BCUT2D eigenvalue weighted by Gasteiger charge is 2.10. The Morgan fingerprint density at radius 3 is 2.79 bits per heavy atom. The molecule has 0 unspecified atom stereocenters. The van der Waals surface area contributed by atoms with E-state index >= 15 is 0 Å². The van der Waals surface area contributed by atoms with E-state index < -0.39 is 0 Å². The van der Waals surface area contributed by atoms with Crippen molar-refractivity contribution < 1.29 is 0 Å². The highest BCUT2D eigenvalue weighted by Crippen LogP contribution is 2.31. The van der Waals surface area contributed by atoms with Crippen LogP contribution < -0.4 is 5.32 Å². The molecule has 0 atom stereocenters. The van der Waals surface area contributed by atoms with E-state index in [0.717, 1.165) is 28.2 Å². The summed E-state index contributed by atoms with van der Waals surface area (Å²) in [5.41, 5.74) is 0. The van der Waals surface area contributed by atoms with Gasteiger partial charge in [-0.25, -0.2) is 0 Å². The second-order valence-corrected chi connectivity index (χ2v) is 5.95. The molecule has 1 heterocycles. The van der Waals surface area contributed by atoms with E-state index in [1.807, 2.05) is 0 Å². The van der Waals surface area contributed by atoms with Crippen LogP contribution in [0, 0.1) is 0 Å². The Kier molecular flexibility index (Phi) is 3.66. The average molecular weight is 293 g/mol.